The molecule has 2 bridgehead atoms. The predicted octanol–water partition coefficient (Wildman–Crippen LogP) is 3.79. The van der Waals surface area contributed by atoms with Gasteiger partial charge in [-0.15, -0.1) is 11.8 Å². The van der Waals surface area contributed by atoms with Crippen LogP contribution in [0.15, 0.2) is 65.6 Å². The summed E-state index contributed by atoms with van der Waals surface area (Å²) in [6.07, 6.45) is 9.72. The molecule has 5 aliphatic rings. The van der Waals surface area contributed by atoms with Crippen LogP contribution >= 0.6 is 11.8 Å². The molecule has 3 fully saturated rings. The Morgan fingerprint density at radius 3 is 2.67 bits per heavy atom. The minimum Gasteiger partial charge on any atom is -0.486 e. The summed E-state index contributed by atoms with van der Waals surface area (Å²) in [4.78, 5) is 44.8. The number of fused-ring (bicyclic) bond motifs is 2. The second-order valence-corrected chi connectivity index (χ2v) is 12.6. The molecular formula is C32H35N3O6S. The molecule has 220 valence electrons. The molecule has 4 heterocycles. The fourth-order valence-corrected chi connectivity index (χ4v) is 7.75. The van der Waals surface area contributed by atoms with Crippen LogP contribution in [0.3, 0.4) is 0 Å². The van der Waals surface area contributed by atoms with E-state index in [9.17, 15) is 14.4 Å². The molecule has 2 saturated heterocycles. The molecule has 1 saturated carbocycles. The Bertz CT molecular complexity index is 1430. The number of para-hydroxylation sites is 2. The third kappa shape index (κ3) is 4.65. The van der Waals surface area contributed by atoms with Crippen molar-refractivity contribution in [1.29, 1.82) is 0 Å². The van der Waals surface area contributed by atoms with Crippen LogP contribution < -0.4 is 20.1 Å². The number of carbonyl (C=O) groups is 3. The molecule has 6 atom stereocenters. The van der Waals surface area contributed by atoms with E-state index >= 15 is 0 Å². The lowest BCUT2D eigenvalue weighted by Crippen LogP contribution is -2.58. The molecule has 0 aromatic heterocycles. The van der Waals surface area contributed by atoms with Crippen molar-refractivity contribution in [1.82, 2.24) is 10.2 Å². The summed E-state index contributed by atoms with van der Waals surface area (Å²) in [5.41, 5.74) is -0.565. The molecule has 1 aliphatic carbocycles. The zero-order valence-electron chi connectivity index (χ0n) is 23.5. The fraction of sp³-hybridized carbons (Fsp3) is 0.469. The third-order valence-corrected chi connectivity index (χ3v) is 9.91. The van der Waals surface area contributed by atoms with Crippen molar-refractivity contribution in [2.45, 2.75) is 66.9 Å². The fourth-order valence-electron chi connectivity index (χ4n) is 7.29. The average Bonchev–Trinajstić information content (AvgIpc) is 3.65. The number of nitrogens with one attached hydrogen (secondary N) is 2. The summed E-state index contributed by atoms with van der Waals surface area (Å²) in [5.74, 6) is -1.14. The maximum Gasteiger partial charge on any atom is 0.246 e. The van der Waals surface area contributed by atoms with Gasteiger partial charge in [0, 0.05) is 16.6 Å². The molecule has 3 amide bonds. The number of ether oxygens (including phenoxy) is 3. The molecule has 0 unspecified atom stereocenters. The Balaban J connectivity index is 1.18. The zero-order valence-corrected chi connectivity index (χ0v) is 24.3. The van der Waals surface area contributed by atoms with Gasteiger partial charge >= 0.3 is 0 Å². The lowest BCUT2D eigenvalue weighted by atomic mass is 9.74. The smallest absolute Gasteiger partial charge is 0.246 e. The molecule has 2 N–H and O–H groups in total. The highest BCUT2D eigenvalue weighted by Crippen LogP contribution is 2.55. The van der Waals surface area contributed by atoms with Gasteiger partial charge in [0.25, 0.3) is 0 Å². The number of thioether (sulfide) groups is 1. The molecule has 2 aromatic rings. The molecule has 4 aliphatic heterocycles. The summed E-state index contributed by atoms with van der Waals surface area (Å²) >= 11 is 1.58. The van der Waals surface area contributed by atoms with Gasteiger partial charge in [0.15, 0.2) is 17.6 Å². The number of nitrogens with zero attached hydrogens (tertiary/aromatic N) is 1. The monoisotopic (exact) mass is 589 g/mol. The molecule has 7 rings (SSSR count). The molecule has 42 heavy (non-hydrogen) atoms. The highest BCUT2D eigenvalue weighted by Gasteiger charge is 2.73. The van der Waals surface area contributed by atoms with Crippen molar-refractivity contribution in [3.63, 3.8) is 0 Å². The second kappa shape index (κ2) is 11.0. The van der Waals surface area contributed by atoms with Crippen molar-refractivity contribution in [2.75, 3.05) is 24.7 Å². The van der Waals surface area contributed by atoms with Gasteiger partial charge in [0.05, 0.1) is 24.5 Å². The van der Waals surface area contributed by atoms with E-state index in [4.69, 9.17) is 14.2 Å². The van der Waals surface area contributed by atoms with E-state index in [1.54, 1.807) is 16.7 Å². The van der Waals surface area contributed by atoms with E-state index in [0.717, 1.165) is 37.0 Å². The van der Waals surface area contributed by atoms with Gasteiger partial charge in [0.1, 0.15) is 18.2 Å². The summed E-state index contributed by atoms with van der Waals surface area (Å²) < 4.78 is 18.6. The van der Waals surface area contributed by atoms with Crippen LogP contribution in [0.1, 0.15) is 32.1 Å². The quantitative estimate of drug-likeness (QED) is 0.374. The highest BCUT2D eigenvalue weighted by atomic mass is 32.2. The summed E-state index contributed by atoms with van der Waals surface area (Å²) in [5, 5.41) is 6.24. The van der Waals surface area contributed by atoms with Crippen molar-refractivity contribution in [2.24, 2.45) is 11.8 Å². The molecule has 0 radical (unpaired) electrons. The van der Waals surface area contributed by atoms with Crippen molar-refractivity contribution < 1.29 is 28.6 Å². The zero-order chi connectivity index (χ0) is 28.8. The first-order valence-electron chi connectivity index (χ1n) is 14.8. The van der Waals surface area contributed by atoms with Crippen molar-refractivity contribution >= 4 is 35.2 Å². The maximum absolute atomic E-state index is 14.3. The summed E-state index contributed by atoms with van der Waals surface area (Å²) in [6, 6.07) is 14.1. The Hall–Kier alpha value is -3.50. The number of rotatable bonds is 7. The molecule has 2 aromatic carbocycles. The number of likely N-dealkylation sites (tertiary alicyclic amines) is 1. The predicted molar refractivity (Wildman–Crippen MR) is 157 cm³/mol. The van der Waals surface area contributed by atoms with E-state index in [-0.39, 0.29) is 36.9 Å². The Labute approximate surface area is 249 Å². The van der Waals surface area contributed by atoms with Gasteiger partial charge in [-0.2, -0.15) is 0 Å². The Morgan fingerprint density at radius 1 is 1.05 bits per heavy atom. The van der Waals surface area contributed by atoms with Crippen LogP contribution in [0.2, 0.25) is 0 Å². The normalized spacial score (nSPS) is 31.2. The number of hydrogen-bond donors (Lipinski definition) is 2. The van der Waals surface area contributed by atoms with Crippen LogP contribution in [0.5, 0.6) is 11.5 Å². The molecule has 1 spiro atoms. The first-order chi connectivity index (χ1) is 20.5. The number of carbonyl (C=O) groups excluding carboxylic acids is 3. The number of amides is 3. The topological polar surface area (TPSA) is 106 Å². The van der Waals surface area contributed by atoms with E-state index in [0.29, 0.717) is 17.2 Å². The van der Waals surface area contributed by atoms with Crippen molar-refractivity contribution in [3.05, 3.63) is 60.7 Å². The number of hydrogen-bond acceptors (Lipinski definition) is 7. The lowest BCUT2D eigenvalue weighted by molar-refractivity contribution is -0.143. The van der Waals surface area contributed by atoms with E-state index in [2.05, 4.69) is 10.6 Å². The van der Waals surface area contributed by atoms with Crippen molar-refractivity contribution in [3.8, 4) is 11.5 Å². The minimum absolute atomic E-state index is 0.0604. The summed E-state index contributed by atoms with van der Waals surface area (Å²) in [6.45, 7) is 0.380. The van der Waals surface area contributed by atoms with Crippen LogP contribution in [0.4, 0.5) is 5.69 Å². The molecule has 9 nitrogen and oxygen atoms in total. The lowest BCUT2D eigenvalue weighted by Gasteiger charge is -2.36. The van der Waals surface area contributed by atoms with Gasteiger partial charge in [-0.1, -0.05) is 49.6 Å². The first-order valence-corrected chi connectivity index (χ1v) is 16.0. The van der Waals surface area contributed by atoms with Gasteiger partial charge < -0.3 is 29.7 Å². The van der Waals surface area contributed by atoms with E-state index in [1.165, 1.54) is 0 Å². The van der Waals surface area contributed by atoms with Gasteiger partial charge in [0.2, 0.25) is 17.7 Å². The average molecular weight is 590 g/mol. The number of anilines is 1. The molecule has 10 heteroatoms. The highest BCUT2D eigenvalue weighted by molar-refractivity contribution is 7.98. The van der Waals surface area contributed by atoms with Gasteiger partial charge in [-0.05, 0) is 49.4 Å². The SMILES string of the molecule is CSc1cccc(NC(=O)[C@H]2[C@H]3C=C[C@@]4(O3)[C@H]2C(=O)N(C[C@@H]2COc3ccccc3O2)[C@@H]4C(=O)NC2CCCCC2)c1. The van der Waals surface area contributed by atoms with Crippen LogP contribution in [-0.2, 0) is 19.1 Å². The number of benzene rings is 2. The third-order valence-electron chi connectivity index (χ3n) is 9.18. The molecular weight excluding hydrogens is 554 g/mol. The van der Waals surface area contributed by atoms with Crippen LogP contribution in [0.25, 0.3) is 0 Å². The van der Waals surface area contributed by atoms with Gasteiger partial charge in [-0.25, -0.2) is 0 Å². The first kappa shape index (κ1) is 27.3. The van der Waals surface area contributed by atoms with E-state index < -0.39 is 35.7 Å². The standard InChI is InChI=1S/C32H35N3O6S/c1-42-22-11-7-10-20(16-22)34-29(36)26-25-14-15-32(41-25)27(26)31(38)35(28(32)30(37)33-19-8-3-2-4-9-19)17-21-18-39-23-12-5-6-13-24(23)40-21/h5-7,10-16,19,21,25-28H,2-4,8-9,17-18H2,1H3,(H,33,37)(H,34,36)/t21-,25-,26+,27-,28-,32-/m1/s1. The maximum atomic E-state index is 14.3. The van der Waals surface area contributed by atoms with E-state index in [1.807, 2.05) is 66.9 Å². The van der Waals surface area contributed by atoms with Crippen LogP contribution in [-0.4, -0.2) is 71.9 Å². The van der Waals surface area contributed by atoms with Gasteiger partial charge in [-0.3, -0.25) is 14.4 Å². The Morgan fingerprint density at radius 2 is 1.86 bits per heavy atom. The summed E-state index contributed by atoms with van der Waals surface area (Å²) in [7, 11) is 0. The largest absolute Gasteiger partial charge is 0.486 e. The Kier molecular flexibility index (Phi) is 7.14. The second-order valence-electron chi connectivity index (χ2n) is 11.8. The van der Waals surface area contributed by atoms with Crippen LogP contribution in [0, 0.1) is 11.8 Å². The minimum atomic E-state index is -1.23.